The molecule has 2 heterocycles. The molecule has 0 N–H and O–H groups in total. The molecule has 0 unspecified atom stereocenters. The highest BCUT2D eigenvalue weighted by Crippen LogP contribution is 2.61. The van der Waals surface area contributed by atoms with Gasteiger partial charge < -0.3 is 18.6 Å². The second-order valence-corrected chi connectivity index (χ2v) is 31.5. The van der Waals surface area contributed by atoms with Crippen molar-refractivity contribution in [3.8, 4) is 44.5 Å². The minimum atomic E-state index is -0.183. The summed E-state index contributed by atoms with van der Waals surface area (Å²) in [5, 5.41) is 9.88. The topological polar surface area (TPSA) is 32.8 Å². The molecule has 20 rings (SSSR count). The fraction of sp³-hybridized carbons (Fsp3) is 0.175. The van der Waals surface area contributed by atoms with E-state index in [0.29, 0.717) is 5.92 Å². The van der Waals surface area contributed by atoms with Crippen molar-refractivity contribution in [3.63, 3.8) is 0 Å². The molecule has 2 aromatic heterocycles. The van der Waals surface area contributed by atoms with Crippen LogP contribution in [0.3, 0.4) is 0 Å². The van der Waals surface area contributed by atoms with Crippen LogP contribution in [0, 0.1) is 13.8 Å². The van der Waals surface area contributed by atoms with Gasteiger partial charge in [0.2, 0.25) is 0 Å². The highest BCUT2D eigenvalue weighted by atomic mass is 16.3. The predicted molar refractivity (Wildman–Crippen MR) is 426 cm³/mol. The van der Waals surface area contributed by atoms with Crippen LogP contribution in [-0.4, -0.2) is 0 Å². The molecule has 0 aliphatic heterocycles. The molecule has 4 aliphatic rings. The van der Waals surface area contributed by atoms with Crippen molar-refractivity contribution in [2.24, 2.45) is 0 Å². The van der Waals surface area contributed by atoms with Gasteiger partial charge in [0.25, 0.3) is 0 Å². The summed E-state index contributed by atoms with van der Waals surface area (Å²) in [7, 11) is 0. The maximum atomic E-state index is 6.63. The Kier molecular flexibility index (Phi) is 13.1. The normalized spacial score (nSPS) is 14.9. The molecule has 0 amide bonds. The summed E-state index contributed by atoms with van der Waals surface area (Å²) in [6, 6.07) is 96.9. The van der Waals surface area contributed by atoms with Gasteiger partial charge in [0.1, 0.15) is 11.2 Å². The number of nitrogens with zero attached hydrogens (tertiary/aromatic N) is 2. The van der Waals surface area contributed by atoms with Gasteiger partial charge in [-0.25, -0.2) is 0 Å². The van der Waals surface area contributed by atoms with Gasteiger partial charge in [-0.3, -0.25) is 0 Å². The molecule has 490 valence electrons. The summed E-state index contributed by atoms with van der Waals surface area (Å²) in [4.78, 5) is 4.78. The van der Waals surface area contributed by atoms with Crippen molar-refractivity contribution < 1.29 is 8.83 Å². The van der Waals surface area contributed by atoms with Gasteiger partial charge in [-0.2, -0.15) is 0 Å². The van der Waals surface area contributed by atoms with E-state index in [4.69, 9.17) is 8.83 Å². The number of fused-ring (bicyclic) bond motifs is 22. The molecule has 16 aromatic rings. The molecule has 14 aromatic carbocycles. The van der Waals surface area contributed by atoms with Crippen molar-refractivity contribution in [2.75, 3.05) is 9.80 Å². The van der Waals surface area contributed by atoms with Crippen LogP contribution in [0.25, 0.3) is 110 Å². The van der Waals surface area contributed by atoms with E-state index in [1.807, 2.05) is 12.1 Å². The largest absolute Gasteiger partial charge is 0.454 e. The third-order valence-electron chi connectivity index (χ3n) is 24.0. The molecule has 0 bridgehead atoms. The Balaban J connectivity index is 0.000000140. The van der Waals surface area contributed by atoms with Crippen LogP contribution in [0.4, 0.5) is 34.1 Å². The zero-order chi connectivity index (χ0) is 68.9. The molecule has 0 saturated carbocycles. The van der Waals surface area contributed by atoms with E-state index in [1.165, 1.54) is 127 Å². The lowest BCUT2D eigenvalue weighted by Gasteiger charge is -2.28. The average molecular weight is 1310 g/mol. The molecule has 0 atom stereocenters. The molecule has 4 aliphatic carbocycles. The third-order valence-corrected chi connectivity index (χ3v) is 24.0. The van der Waals surface area contributed by atoms with Gasteiger partial charge in [0.05, 0.1) is 11.4 Å². The third kappa shape index (κ3) is 8.80. The van der Waals surface area contributed by atoms with Crippen LogP contribution in [-0.2, 0) is 21.7 Å². The zero-order valence-corrected chi connectivity index (χ0v) is 59.6. The lowest BCUT2D eigenvalue weighted by molar-refractivity contribution is 0.654. The van der Waals surface area contributed by atoms with E-state index >= 15 is 0 Å². The number of aryl methyl sites for hydroxylation is 2. The number of para-hydroxylation sites is 4. The van der Waals surface area contributed by atoms with Crippen LogP contribution in [0.1, 0.15) is 136 Å². The number of rotatable bonds is 7. The number of hydrogen-bond donors (Lipinski definition) is 0. The van der Waals surface area contributed by atoms with Gasteiger partial charge >= 0.3 is 0 Å². The van der Waals surface area contributed by atoms with E-state index < -0.39 is 0 Å². The Morgan fingerprint density at radius 3 is 1.09 bits per heavy atom. The van der Waals surface area contributed by atoms with E-state index in [1.54, 1.807) is 0 Å². The quantitative estimate of drug-likeness (QED) is 0.159. The molecule has 0 saturated heterocycles. The van der Waals surface area contributed by atoms with Crippen molar-refractivity contribution in [2.45, 2.75) is 111 Å². The first-order valence-electron chi connectivity index (χ1n) is 36.1. The Morgan fingerprint density at radius 2 is 0.634 bits per heavy atom. The molecule has 0 radical (unpaired) electrons. The van der Waals surface area contributed by atoms with Crippen LogP contribution in [0.5, 0.6) is 0 Å². The van der Waals surface area contributed by atoms with Crippen LogP contribution >= 0.6 is 0 Å². The summed E-state index contributed by atoms with van der Waals surface area (Å²) in [6.07, 6.45) is 0. The molecule has 0 spiro atoms. The molecule has 4 nitrogen and oxygen atoms in total. The first-order valence-corrected chi connectivity index (χ1v) is 36.1. The number of hydrogen-bond acceptors (Lipinski definition) is 4. The smallest absolute Gasteiger partial charge is 0.159 e. The minimum Gasteiger partial charge on any atom is -0.454 e. The average Bonchev–Trinajstić information content (AvgIpc) is 1.54. The molecule has 101 heavy (non-hydrogen) atoms. The van der Waals surface area contributed by atoms with Crippen molar-refractivity contribution in [1.82, 2.24) is 0 Å². The summed E-state index contributed by atoms with van der Waals surface area (Å²) >= 11 is 0. The van der Waals surface area contributed by atoms with Crippen LogP contribution in [0.15, 0.2) is 270 Å². The van der Waals surface area contributed by atoms with Gasteiger partial charge in [-0.15, -0.1) is 0 Å². The molecule has 4 heteroatoms. The van der Waals surface area contributed by atoms with Crippen molar-refractivity contribution in [1.29, 1.82) is 0 Å². The lowest BCUT2D eigenvalue weighted by atomic mass is 9.78. The highest BCUT2D eigenvalue weighted by molar-refractivity contribution is 6.12. The Labute approximate surface area is 591 Å². The van der Waals surface area contributed by atoms with Crippen molar-refractivity contribution >= 4 is 99.5 Å². The SMILES string of the molecule is CC(C)c1ccc(N(c2ccc3c(c2)C(C)(C)c2cc4c(cc2-3)C(C)(C)c2c-4ccc3ccccc23)c2cccc3c2oc2ccccc23)cc1.Cc1ccc(N(c2ccc3c(c2)C(C)(C)c2cc4c(cc2-3)C(C)(C)c2c-4ccc3ccccc23)c2cccc3c2oc2ccccc23)cc1C. The predicted octanol–water partition coefficient (Wildman–Crippen LogP) is 27.4. The molecule has 0 fully saturated rings. The monoisotopic (exact) mass is 1300 g/mol. The maximum Gasteiger partial charge on any atom is 0.159 e. The van der Waals surface area contributed by atoms with Gasteiger partial charge in [-0.05, 0) is 244 Å². The fourth-order valence-corrected chi connectivity index (χ4v) is 18.4. The van der Waals surface area contributed by atoms with E-state index in [0.717, 1.165) is 78.0 Å². The van der Waals surface area contributed by atoms with Crippen molar-refractivity contribution in [3.05, 3.63) is 322 Å². The van der Waals surface area contributed by atoms with E-state index in [-0.39, 0.29) is 21.7 Å². The first kappa shape index (κ1) is 60.9. The number of benzene rings is 14. The Hall–Kier alpha value is -11.2. The van der Waals surface area contributed by atoms with Crippen LogP contribution < -0.4 is 9.80 Å². The van der Waals surface area contributed by atoms with Crippen LogP contribution in [0.2, 0.25) is 0 Å². The molecular weight excluding hydrogens is 1230 g/mol. The Bertz CT molecular complexity index is 6220. The summed E-state index contributed by atoms with van der Waals surface area (Å²) in [5.41, 5.74) is 35.7. The minimum absolute atomic E-state index is 0.0985. The summed E-state index contributed by atoms with van der Waals surface area (Å²) in [5.74, 6) is 0.461. The Morgan fingerprint density at radius 1 is 0.277 bits per heavy atom. The lowest BCUT2D eigenvalue weighted by Crippen LogP contribution is -2.18. The second-order valence-electron chi connectivity index (χ2n) is 31.5. The second kappa shape index (κ2) is 21.7. The first-order chi connectivity index (χ1) is 48.7. The van der Waals surface area contributed by atoms with Gasteiger partial charge in [0, 0.05) is 66.0 Å². The van der Waals surface area contributed by atoms with Gasteiger partial charge in [0.15, 0.2) is 11.2 Å². The maximum absolute atomic E-state index is 6.63. The highest BCUT2D eigenvalue weighted by Gasteiger charge is 2.45. The molecular formula is C97H80N2O2. The zero-order valence-electron chi connectivity index (χ0n) is 59.6. The summed E-state index contributed by atoms with van der Waals surface area (Å²) in [6.45, 7) is 28.1. The standard InChI is InChI=1S/C49H41NO.C48H39NO/c1-29(2)30-18-21-32(22-19-30)50(44-16-11-15-38-36-14-9-10-17-45(36)51-47(38)44)33-23-25-35-39-27-43-40(28-42(39)48(3,4)41(35)26-33)37-24-20-31-12-7-8-13-34(31)46(37)49(43,5)6;1-28-18-20-31(24-29(28)2)49(43-16-11-15-37-35-14-9-10-17-44(35)50-46(37)43)32-21-23-34-38-26-42-39(27-41(38)47(3,4)40(34)25-32)36-22-19-30-12-7-8-13-33(30)45(36)48(42,5)6/h7-29H,1-6H3;7-27H,1-6H3. The van der Waals surface area contributed by atoms with E-state index in [9.17, 15) is 0 Å². The fourth-order valence-electron chi connectivity index (χ4n) is 18.4. The summed E-state index contributed by atoms with van der Waals surface area (Å²) < 4.78 is 13.3. The van der Waals surface area contributed by atoms with E-state index in [2.05, 4.69) is 342 Å². The number of furan rings is 2. The van der Waals surface area contributed by atoms with Gasteiger partial charge in [-0.1, -0.05) is 233 Å². The number of anilines is 6.